The maximum Gasteiger partial charge on any atom is 0.255 e. The van der Waals surface area contributed by atoms with Crippen LogP contribution >= 0.6 is 11.6 Å². The molecule has 0 radical (unpaired) electrons. The van der Waals surface area contributed by atoms with Gasteiger partial charge >= 0.3 is 0 Å². The first kappa shape index (κ1) is 20.2. The molecule has 0 saturated carbocycles. The minimum atomic E-state index is -0.140. The lowest BCUT2D eigenvalue weighted by Crippen LogP contribution is -2.34. The van der Waals surface area contributed by atoms with E-state index in [9.17, 15) is 4.79 Å². The molecule has 0 saturated heterocycles. The second-order valence-electron chi connectivity index (χ2n) is 7.00. The molecule has 2 aromatic heterocycles. The second-order valence-corrected chi connectivity index (χ2v) is 7.41. The fourth-order valence-corrected chi connectivity index (χ4v) is 3.46. The van der Waals surface area contributed by atoms with E-state index >= 15 is 0 Å². The summed E-state index contributed by atoms with van der Waals surface area (Å²) < 4.78 is 7.32. The number of benzene rings is 1. The Hall–Kier alpha value is -2.57. The number of aromatic nitrogens is 2. The highest BCUT2D eigenvalue weighted by Crippen LogP contribution is 2.21. The fourth-order valence-electron chi connectivity index (χ4n) is 3.26. The Bertz CT molecular complexity index is 947. The lowest BCUT2D eigenvalue weighted by atomic mass is 10.1. The highest BCUT2D eigenvalue weighted by Gasteiger charge is 2.22. The Morgan fingerprint density at radius 2 is 2.00 bits per heavy atom. The zero-order chi connectivity index (χ0) is 20.3. The molecule has 0 aliphatic rings. The first-order valence-corrected chi connectivity index (χ1v) is 9.51. The molecule has 0 fully saturated rings. The highest BCUT2D eigenvalue weighted by atomic mass is 35.5. The topological polar surface area (TPSA) is 63.3 Å². The standard InChI is InChI=1S/C21H25ClN4O2/c1-14-20(15(2)26(24-14)13-16-8-5-6-9-17(16)22)21(27)23-12-18(25(3)4)19-10-7-11-28-19/h5-11,18H,12-13H2,1-4H3,(H,23,27). The van der Waals surface area contributed by atoms with Crippen molar-refractivity contribution < 1.29 is 9.21 Å². The molecule has 7 heteroatoms. The Kier molecular flexibility index (Phi) is 6.21. The lowest BCUT2D eigenvalue weighted by molar-refractivity contribution is 0.0937. The van der Waals surface area contributed by atoms with E-state index in [0.29, 0.717) is 29.4 Å². The Balaban J connectivity index is 1.75. The van der Waals surface area contributed by atoms with Crippen LogP contribution in [-0.4, -0.2) is 41.2 Å². The molecular formula is C21H25ClN4O2. The number of aryl methyl sites for hydroxylation is 1. The van der Waals surface area contributed by atoms with Gasteiger partial charge in [-0.15, -0.1) is 0 Å². The Morgan fingerprint density at radius 3 is 2.64 bits per heavy atom. The molecular weight excluding hydrogens is 376 g/mol. The van der Waals surface area contributed by atoms with Crippen LogP contribution in [0.3, 0.4) is 0 Å². The number of furan rings is 1. The summed E-state index contributed by atoms with van der Waals surface area (Å²) in [6, 6.07) is 11.4. The van der Waals surface area contributed by atoms with Crippen LogP contribution in [0.2, 0.25) is 5.02 Å². The molecule has 1 aromatic carbocycles. The van der Waals surface area contributed by atoms with Crippen molar-refractivity contribution >= 4 is 17.5 Å². The molecule has 1 unspecified atom stereocenters. The SMILES string of the molecule is Cc1nn(Cc2ccccc2Cl)c(C)c1C(=O)NCC(c1ccco1)N(C)C. The third-order valence-electron chi connectivity index (χ3n) is 4.84. The zero-order valence-corrected chi connectivity index (χ0v) is 17.3. The quantitative estimate of drug-likeness (QED) is 0.654. The van der Waals surface area contributed by atoms with Crippen LogP contribution in [0.25, 0.3) is 0 Å². The van der Waals surface area contributed by atoms with Gasteiger partial charge in [-0.2, -0.15) is 5.10 Å². The average Bonchev–Trinajstić information content (AvgIpc) is 3.25. The van der Waals surface area contributed by atoms with E-state index in [1.54, 1.807) is 6.26 Å². The molecule has 2 heterocycles. The second kappa shape index (κ2) is 8.63. The summed E-state index contributed by atoms with van der Waals surface area (Å²) >= 11 is 6.26. The van der Waals surface area contributed by atoms with Crippen molar-refractivity contribution in [2.24, 2.45) is 0 Å². The molecule has 0 aliphatic heterocycles. The third-order valence-corrected chi connectivity index (χ3v) is 5.21. The molecule has 3 rings (SSSR count). The van der Waals surface area contributed by atoms with Crippen LogP contribution in [0.1, 0.15) is 39.1 Å². The van der Waals surface area contributed by atoms with Crippen LogP contribution in [0.5, 0.6) is 0 Å². The molecule has 28 heavy (non-hydrogen) atoms. The van der Waals surface area contributed by atoms with Gasteiger partial charge in [0.2, 0.25) is 0 Å². The number of rotatable bonds is 7. The van der Waals surface area contributed by atoms with Crippen molar-refractivity contribution in [3.63, 3.8) is 0 Å². The van der Waals surface area contributed by atoms with E-state index in [1.165, 1.54) is 0 Å². The minimum absolute atomic E-state index is 0.0438. The summed E-state index contributed by atoms with van der Waals surface area (Å²) in [6.07, 6.45) is 1.64. The number of carbonyl (C=O) groups excluding carboxylic acids is 1. The first-order chi connectivity index (χ1) is 13.4. The number of halogens is 1. The molecule has 1 amide bonds. The number of hydrogen-bond donors (Lipinski definition) is 1. The predicted molar refractivity (Wildman–Crippen MR) is 110 cm³/mol. The van der Waals surface area contributed by atoms with Crippen molar-refractivity contribution in [2.75, 3.05) is 20.6 Å². The summed E-state index contributed by atoms with van der Waals surface area (Å²) in [4.78, 5) is 14.9. The van der Waals surface area contributed by atoms with Gasteiger partial charge in [0.15, 0.2) is 0 Å². The van der Waals surface area contributed by atoms with E-state index in [1.807, 2.05) is 73.9 Å². The van der Waals surface area contributed by atoms with Gasteiger partial charge in [0, 0.05) is 17.3 Å². The van der Waals surface area contributed by atoms with Gasteiger partial charge in [0.1, 0.15) is 5.76 Å². The third kappa shape index (κ3) is 4.29. The lowest BCUT2D eigenvalue weighted by Gasteiger charge is -2.22. The van der Waals surface area contributed by atoms with Crippen LogP contribution in [0.15, 0.2) is 47.1 Å². The monoisotopic (exact) mass is 400 g/mol. The maximum absolute atomic E-state index is 12.9. The number of nitrogens with zero attached hydrogens (tertiary/aromatic N) is 3. The molecule has 0 bridgehead atoms. The van der Waals surface area contributed by atoms with Crippen molar-refractivity contribution in [3.05, 3.63) is 76.0 Å². The average molecular weight is 401 g/mol. The van der Waals surface area contributed by atoms with Gasteiger partial charge in [-0.05, 0) is 51.7 Å². The van der Waals surface area contributed by atoms with Crippen LogP contribution in [0.4, 0.5) is 0 Å². The summed E-state index contributed by atoms with van der Waals surface area (Å²) in [5, 5.41) is 8.26. The van der Waals surface area contributed by atoms with Gasteiger partial charge in [0.25, 0.3) is 5.91 Å². The number of amides is 1. The molecule has 148 valence electrons. The maximum atomic E-state index is 12.9. The van der Waals surface area contributed by atoms with Gasteiger partial charge in [-0.1, -0.05) is 29.8 Å². The van der Waals surface area contributed by atoms with Gasteiger partial charge < -0.3 is 9.73 Å². The normalized spacial score (nSPS) is 12.4. The number of hydrogen-bond acceptors (Lipinski definition) is 4. The molecule has 0 spiro atoms. The van der Waals surface area contributed by atoms with Gasteiger partial charge in [-0.3, -0.25) is 14.4 Å². The summed E-state index contributed by atoms with van der Waals surface area (Å²) in [7, 11) is 3.91. The molecule has 6 nitrogen and oxygen atoms in total. The van der Waals surface area contributed by atoms with E-state index in [4.69, 9.17) is 16.0 Å². The summed E-state index contributed by atoms with van der Waals surface area (Å²) in [6.45, 7) is 4.71. The zero-order valence-electron chi connectivity index (χ0n) is 16.6. The van der Waals surface area contributed by atoms with E-state index < -0.39 is 0 Å². The minimum Gasteiger partial charge on any atom is -0.468 e. The van der Waals surface area contributed by atoms with Crippen molar-refractivity contribution in [3.8, 4) is 0 Å². The predicted octanol–water partition coefficient (Wildman–Crippen LogP) is 3.83. The smallest absolute Gasteiger partial charge is 0.255 e. The Morgan fingerprint density at radius 1 is 1.25 bits per heavy atom. The van der Waals surface area contributed by atoms with Crippen molar-refractivity contribution in [1.82, 2.24) is 20.0 Å². The first-order valence-electron chi connectivity index (χ1n) is 9.14. The Labute approximate surface area is 170 Å². The summed E-state index contributed by atoms with van der Waals surface area (Å²) in [5.74, 6) is 0.673. The largest absolute Gasteiger partial charge is 0.468 e. The van der Waals surface area contributed by atoms with Crippen molar-refractivity contribution in [2.45, 2.75) is 26.4 Å². The van der Waals surface area contributed by atoms with Crippen LogP contribution in [0, 0.1) is 13.8 Å². The van der Waals surface area contributed by atoms with Crippen LogP contribution < -0.4 is 5.32 Å². The van der Waals surface area contributed by atoms with Gasteiger partial charge in [0.05, 0.1) is 30.1 Å². The fraction of sp³-hybridized carbons (Fsp3) is 0.333. The number of likely N-dealkylation sites (N-methyl/N-ethyl adjacent to an activating group) is 1. The van der Waals surface area contributed by atoms with Crippen molar-refractivity contribution in [1.29, 1.82) is 0 Å². The summed E-state index contributed by atoms with van der Waals surface area (Å²) in [5.41, 5.74) is 3.08. The molecule has 1 N–H and O–H groups in total. The van der Waals surface area contributed by atoms with Gasteiger partial charge in [-0.25, -0.2) is 0 Å². The molecule has 3 aromatic rings. The van der Waals surface area contributed by atoms with E-state index in [2.05, 4.69) is 10.4 Å². The van der Waals surface area contributed by atoms with E-state index in [0.717, 1.165) is 17.0 Å². The molecule has 0 aliphatic carbocycles. The van der Waals surface area contributed by atoms with Crippen LogP contribution in [-0.2, 0) is 6.54 Å². The number of nitrogens with one attached hydrogen (secondary N) is 1. The number of carbonyl (C=O) groups is 1. The van der Waals surface area contributed by atoms with E-state index in [-0.39, 0.29) is 11.9 Å². The molecule has 1 atom stereocenters. The highest BCUT2D eigenvalue weighted by molar-refractivity contribution is 6.31.